The fourth-order valence-corrected chi connectivity index (χ4v) is 6.82. The minimum Gasteiger partial charge on any atom is -0.480 e. The van der Waals surface area contributed by atoms with Crippen molar-refractivity contribution >= 4 is 18.0 Å². The summed E-state index contributed by atoms with van der Waals surface area (Å²) in [7, 11) is 0. The quantitative estimate of drug-likeness (QED) is 0.356. The van der Waals surface area contributed by atoms with Gasteiger partial charge < -0.3 is 20.5 Å². The zero-order valence-corrected chi connectivity index (χ0v) is 23.6. The first-order valence-corrected chi connectivity index (χ1v) is 14.8. The lowest BCUT2D eigenvalue weighted by molar-refractivity contribution is -0.150. The zero-order valence-electron chi connectivity index (χ0n) is 23.6. The van der Waals surface area contributed by atoms with Gasteiger partial charge in [-0.05, 0) is 59.9 Å². The van der Waals surface area contributed by atoms with E-state index in [1.54, 1.807) is 0 Å². The fourth-order valence-electron chi connectivity index (χ4n) is 6.82. The smallest absolute Gasteiger partial charge is 0.407 e. The normalized spacial score (nSPS) is 21.2. The SMILES string of the molecule is O=C(NC1CCC(C(=O)NC2(C(=O)O)CCN(Cc3ccccc3)CC2)C1)OCC1c2ccccc2-c2ccccc21. The second kappa shape index (κ2) is 12.0. The van der Waals surface area contributed by atoms with E-state index in [1.165, 1.54) is 16.7 Å². The summed E-state index contributed by atoms with van der Waals surface area (Å²) in [5, 5.41) is 15.9. The van der Waals surface area contributed by atoms with Gasteiger partial charge in [0, 0.05) is 37.5 Å². The Balaban J connectivity index is 0.990. The van der Waals surface area contributed by atoms with Crippen molar-refractivity contribution in [3.8, 4) is 11.1 Å². The maximum atomic E-state index is 13.2. The molecule has 1 aliphatic heterocycles. The van der Waals surface area contributed by atoms with E-state index in [1.807, 2.05) is 42.5 Å². The number of hydrogen-bond acceptors (Lipinski definition) is 5. The molecule has 0 bridgehead atoms. The van der Waals surface area contributed by atoms with E-state index in [0.717, 1.165) is 17.7 Å². The molecule has 2 unspecified atom stereocenters. The molecule has 3 N–H and O–H groups in total. The molecule has 6 rings (SSSR count). The van der Waals surface area contributed by atoms with Gasteiger partial charge in [-0.3, -0.25) is 9.69 Å². The molecule has 0 spiro atoms. The number of fused-ring (bicyclic) bond motifs is 3. The van der Waals surface area contributed by atoms with E-state index < -0.39 is 17.6 Å². The number of nitrogens with zero attached hydrogens (tertiary/aromatic N) is 1. The fraction of sp³-hybridized carbons (Fsp3) is 0.382. The molecule has 2 fully saturated rings. The molecule has 2 atom stereocenters. The lowest BCUT2D eigenvalue weighted by Crippen LogP contribution is -2.60. The van der Waals surface area contributed by atoms with Crippen molar-refractivity contribution in [2.24, 2.45) is 5.92 Å². The van der Waals surface area contributed by atoms with E-state index in [4.69, 9.17) is 4.74 Å². The van der Waals surface area contributed by atoms with Gasteiger partial charge in [-0.1, -0.05) is 78.9 Å². The average Bonchev–Trinajstić information content (AvgIpc) is 3.60. The highest BCUT2D eigenvalue weighted by atomic mass is 16.5. The van der Waals surface area contributed by atoms with Gasteiger partial charge in [0.25, 0.3) is 0 Å². The molecule has 3 aromatic rings. The van der Waals surface area contributed by atoms with Gasteiger partial charge in [-0.2, -0.15) is 0 Å². The van der Waals surface area contributed by atoms with Crippen molar-refractivity contribution in [3.63, 3.8) is 0 Å². The molecule has 3 aliphatic rings. The third-order valence-electron chi connectivity index (χ3n) is 9.20. The molecule has 1 saturated heterocycles. The monoisotopic (exact) mass is 567 g/mol. The van der Waals surface area contributed by atoms with E-state index in [2.05, 4.69) is 51.9 Å². The number of likely N-dealkylation sites (tertiary alicyclic amines) is 1. The Kier molecular flexibility index (Phi) is 7.98. The van der Waals surface area contributed by atoms with Crippen LogP contribution in [0, 0.1) is 5.92 Å². The second-order valence-electron chi connectivity index (χ2n) is 11.8. The summed E-state index contributed by atoms with van der Waals surface area (Å²) in [6.45, 7) is 2.19. The molecular formula is C34H37N3O5. The van der Waals surface area contributed by atoms with Crippen LogP contribution < -0.4 is 10.6 Å². The van der Waals surface area contributed by atoms with Crippen LogP contribution in [0.15, 0.2) is 78.9 Å². The molecule has 0 aromatic heterocycles. The van der Waals surface area contributed by atoms with Gasteiger partial charge >= 0.3 is 12.1 Å². The number of rotatable bonds is 8. The second-order valence-corrected chi connectivity index (χ2v) is 11.8. The predicted molar refractivity (Wildman–Crippen MR) is 159 cm³/mol. The number of carbonyl (C=O) groups is 3. The Morgan fingerprint density at radius 3 is 2.12 bits per heavy atom. The Morgan fingerprint density at radius 2 is 1.48 bits per heavy atom. The van der Waals surface area contributed by atoms with Crippen LogP contribution in [-0.4, -0.2) is 59.3 Å². The number of carbonyl (C=O) groups excluding carboxylic acids is 2. The first-order chi connectivity index (χ1) is 20.4. The van der Waals surface area contributed by atoms with Gasteiger partial charge in [0.05, 0.1) is 0 Å². The number of alkyl carbamates (subject to hydrolysis) is 1. The number of carboxylic acids is 1. The first kappa shape index (κ1) is 28.0. The number of hydrogen-bond donors (Lipinski definition) is 3. The van der Waals surface area contributed by atoms with Crippen LogP contribution in [0.1, 0.15) is 54.7 Å². The summed E-state index contributed by atoms with van der Waals surface area (Å²) >= 11 is 0. The molecule has 1 heterocycles. The third-order valence-corrected chi connectivity index (χ3v) is 9.20. The van der Waals surface area contributed by atoms with Crippen molar-refractivity contribution < 1.29 is 24.2 Å². The number of nitrogens with one attached hydrogen (secondary N) is 2. The topological polar surface area (TPSA) is 108 Å². The van der Waals surface area contributed by atoms with Crippen LogP contribution in [0.4, 0.5) is 4.79 Å². The molecule has 8 heteroatoms. The molecule has 2 amide bonds. The molecule has 2 aliphatic carbocycles. The molecule has 42 heavy (non-hydrogen) atoms. The highest BCUT2D eigenvalue weighted by Crippen LogP contribution is 2.44. The molecule has 0 radical (unpaired) electrons. The average molecular weight is 568 g/mol. The maximum absolute atomic E-state index is 13.2. The van der Waals surface area contributed by atoms with Crippen molar-refractivity contribution in [1.82, 2.24) is 15.5 Å². The van der Waals surface area contributed by atoms with Crippen LogP contribution >= 0.6 is 0 Å². The molecule has 8 nitrogen and oxygen atoms in total. The lowest BCUT2D eigenvalue weighted by Gasteiger charge is -2.39. The summed E-state index contributed by atoms with van der Waals surface area (Å²) in [4.78, 5) is 40.5. The first-order valence-electron chi connectivity index (χ1n) is 14.8. The van der Waals surface area contributed by atoms with E-state index in [-0.39, 0.29) is 30.4 Å². The summed E-state index contributed by atoms with van der Waals surface area (Å²) in [6.07, 6.45) is 1.93. The van der Waals surface area contributed by atoms with Gasteiger partial charge in [-0.15, -0.1) is 0 Å². The highest BCUT2D eigenvalue weighted by molar-refractivity contribution is 5.88. The number of piperidine rings is 1. The Labute approximate surface area is 246 Å². The van der Waals surface area contributed by atoms with E-state index >= 15 is 0 Å². The van der Waals surface area contributed by atoms with Gasteiger partial charge in [0.1, 0.15) is 12.1 Å². The van der Waals surface area contributed by atoms with Crippen molar-refractivity contribution in [2.45, 2.75) is 56.1 Å². The maximum Gasteiger partial charge on any atom is 0.407 e. The van der Waals surface area contributed by atoms with Crippen LogP contribution in [0.2, 0.25) is 0 Å². The standard InChI is InChI=1S/C34H37N3O5/c38-31(36-34(32(39)40)16-18-37(19-17-34)21-23-8-2-1-3-9-23)24-14-15-25(20-24)35-33(41)42-22-30-28-12-6-4-10-26(28)27-11-5-7-13-29(27)30/h1-13,24-25,30H,14-22H2,(H,35,41)(H,36,38)(H,39,40). The van der Waals surface area contributed by atoms with Crippen LogP contribution in [0.25, 0.3) is 11.1 Å². The summed E-state index contributed by atoms with van der Waals surface area (Å²) in [5.41, 5.74) is 4.58. The summed E-state index contributed by atoms with van der Waals surface area (Å²) in [6, 6.07) is 26.3. The number of ether oxygens (including phenoxy) is 1. The minimum absolute atomic E-state index is 0.0171. The molecule has 1 saturated carbocycles. The highest BCUT2D eigenvalue weighted by Gasteiger charge is 2.44. The lowest BCUT2D eigenvalue weighted by atomic mass is 9.86. The van der Waals surface area contributed by atoms with Crippen molar-refractivity contribution in [1.29, 1.82) is 0 Å². The van der Waals surface area contributed by atoms with Crippen molar-refractivity contribution in [2.75, 3.05) is 19.7 Å². The van der Waals surface area contributed by atoms with Crippen LogP contribution in [-0.2, 0) is 20.9 Å². The molecule has 3 aromatic carbocycles. The summed E-state index contributed by atoms with van der Waals surface area (Å²) < 4.78 is 5.69. The Hall–Kier alpha value is -4.17. The zero-order chi connectivity index (χ0) is 29.1. The van der Waals surface area contributed by atoms with Gasteiger partial charge in [0.2, 0.25) is 5.91 Å². The largest absolute Gasteiger partial charge is 0.480 e. The van der Waals surface area contributed by atoms with Crippen molar-refractivity contribution in [3.05, 3.63) is 95.6 Å². The number of amides is 2. The Morgan fingerprint density at radius 1 is 0.857 bits per heavy atom. The number of aliphatic carboxylic acids is 1. The number of benzene rings is 3. The predicted octanol–water partition coefficient (Wildman–Crippen LogP) is 4.93. The number of carboxylic acid groups (broad SMARTS) is 1. The van der Waals surface area contributed by atoms with Gasteiger partial charge in [-0.25, -0.2) is 9.59 Å². The Bertz CT molecular complexity index is 1400. The third kappa shape index (κ3) is 5.77. The van der Waals surface area contributed by atoms with Crippen LogP contribution in [0.5, 0.6) is 0 Å². The van der Waals surface area contributed by atoms with Crippen LogP contribution in [0.3, 0.4) is 0 Å². The summed E-state index contributed by atoms with van der Waals surface area (Å²) in [5.74, 6) is -1.59. The molecular weight excluding hydrogens is 530 g/mol. The minimum atomic E-state index is -1.26. The van der Waals surface area contributed by atoms with E-state index in [0.29, 0.717) is 45.2 Å². The van der Waals surface area contributed by atoms with E-state index in [9.17, 15) is 19.5 Å². The molecule has 218 valence electrons. The van der Waals surface area contributed by atoms with Gasteiger partial charge in [0.15, 0.2) is 0 Å².